The second-order valence-corrected chi connectivity index (χ2v) is 25.4. The third-order valence-electron chi connectivity index (χ3n) is 18.2. The number of rotatable bonds is 25. The molecule has 0 radical (unpaired) electrons. The minimum atomic E-state index is -2.50. The number of nitrogens with one attached hydrogen (secondary N) is 4. The van der Waals surface area contributed by atoms with E-state index in [-0.39, 0.29) is 0 Å². The summed E-state index contributed by atoms with van der Waals surface area (Å²) in [7, 11) is 0. The lowest BCUT2D eigenvalue weighted by molar-refractivity contribution is -0.396. The molecule has 0 spiro atoms. The normalized spacial score (nSPS) is 48.7. The first-order valence-corrected chi connectivity index (χ1v) is 32.0. The predicted molar refractivity (Wildman–Crippen MR) is 309 cm³/mol. The Morgan fingerprint density at radius 2 is 0.620 bits per heavy atom. The summed E-state index contributed by atoms with van der Waals surface area (Å²) in [4.78, 5) is 50.2. The van der Waals surface area contributed by atoms with Crippen molar-refractivity contribution < 1.29 is 197 Å². The van der Waals surface area contributed by atoms with E-state index in [1.807, 2.05) is 0 Å². The molecule has 8 aliphatic heterocycles. The maximum atomic E-state index is 13.1. The fourth-order valence-electron chi connectivity index (χ4n) is 12.8. The van der Waals surface area contributed by atoms with Gasteiger partial charge in [0.2, 0.25) is 23.6 Å². The fourth-order valence-corrected chi connectivity index (χ4v) is 12.8. The Labute approximate surface area is 567 Å². The SMILES string of the molecule is CC(=O)N[C@@H]1[C@@H](O)[C@H](O[C@@H]2O[C@H](CO)[C@@H](O[C@H]3O[C@H](CO[C@H]4O[C@H](CO)[C@@H](O)[C@H](O)[C@@H]4O[C@@H]4O[C@H](CO)[C@@H](O)[C@H](O)[C@H]4NC(C)=O)[C@@H](O)[C@H](O[C@H]4O[C@H](CO)[C@@H](O)[C@H](O)[C@@H]4O[C@@H]4O[C@H](CO)[C@@H](O)[C@H](O)[C@H]4NC(C)=O)[C@@H]3O)[C@H](O)[C@H]2NC(C)=O)[C@@H](CO[C@@H]2O[C@@H](C)[C@@H](O)[C@@H](O)[C@@H]2O)O[C@H]1O. The smallest absolute Gasteiger partial charge is 0.217 e. The highest BCUT2D eigenvalue weighted by Gasteiger charge is 2.60. The topological polar surface area (TPSA) is 680 Å². The molecule has 0 aliphatic carbocycles. The van der Waals surface area contributed by atoms with Gasteiger partial charge >= 0.3 is 0 Å². The van der Waals surface area contributed by atoms with Crippen LogP contribution in [0.3, 0.4) is 0 Å². The van der Waals surface area contributed by atoms with Crippen molar-refractivity contribution in [1.29, 1.82) is 0 Å². The highest BCUT2D eigenvalue weighted by molar-refractivity contribution is 5.74. The molecule has 8 rings (SSSR count). The predicted octanol–water partition coefficient (Wildman–Crippen LogP) is -16.8. The van der Waals surface area contributed by atoms with Crippen LogP contribution in [0.15, 0.2) is 0 Å². The van der Waals surface area contributed by atoms with E-state index in [0.29, 0.717) is 0 Å². The third kappa shape index (κ3) is 18.3. The number of ether oxygens (including phenoxy) is 15. The van der Waals surface area contributed by atoms with E-state index in [0.717, 1.165) is 27.7 Å². The highest BCUT2D eigenvalue weighted by atomic mass is 16.8. The molecule has 0 aromatic rings. The Kier molecular flexibility index (Phi) is 29.3. The van der Waals surface area contributed by atoms with Crippen LogP contribution in [-0.4, -0.2) is 423 Å². The molecule has 0 unspecified atom stereocenters. The molecule has 25 N–H and O–H groups in total. The van der Waals surface area contributed by atoms with Crippen molar-refractivity contribution in [2.24, 2.45) is 0 Å². The number of aliphatic hydroxyl groups is 21. The van der Waals surface area contributed by atoms with Gasteiger partial charge < -0.3 is 200 Å². The van der Waals surface area contributed by atoms with Gasteiger partial charge in [0.1, 0.15) is 189 Å². The largest absolute Gasteiger partial charge is 0.394 e. The zero-order chi connectivity index (χ0) is 73.8. The van der Waals surface area contributed by atoms with Crippen molar-refractivity contribution in [2.45, 2.75) is 280 Å². The Hall–Kier alpha value is -3.56. The number of carbonyl (C=O) groups excluding carboxylic acids is 4. The van der Waals surface area contributed by atoms with Gasteiger partial charge in [0.05, 0.1) is 52.4 Å². The molecule has 8 fully saturated rings. The van der Waals surface area contributed by atoms with E-state index in [1.165, 1.54) is 6.92 Å². The van der Waals surface area contributed by atoms with E-state index in [2.05, 4.69) is 21.3 Å². The van der Waals surface area contributed by atoms with Crippen molar-refractivity contribution in [3.05, 3.63) is 0 Å². The molecule has 0 aromatic carbocycles. The van der Waals surface area contributed by atoms with Crippen LogP contribution in [0, 0.1) is 0 Å². The van der Waals surface area contributed by atoms with Gasteiger partial charge in [-0.25, -0.2) is 0 Å². The molecule has 0 aromatic heterocycles. The molecule has 8 saturated heterocycles. The molecule has 40 atom stereocenters. The lowest BCUT2D eigenvalue weighted by Gasteiger charge is -2.51. The molecule has 100 heavy (non-hydrogen) atoms. The van der Waals surface area contributed by atoms with Crippen LogP contribution in [0.1, 0.15) is 34.6 Å². The van der Waals surface area contributed by atoms with E-state index in [4.69, 9.17) is 71.1 Å². The number of aliphatic hydroxyl groups excluding tert-OH is 21. The standard InChI is InChI=1S/C56H94N4O40/c1-13-29(70)39(80)42(83)53(88-13)86-12-24-45(37(78)25(49(85)89-24)57-14(2)66)96-52-28(60-17(5)69)38(79)44(22(10-65)94-52)97-54-43(84)46(98-56-48(41(82)33(74)21(9-64)93-56)100-51-27(59-16(4)68)36(77)31(72)19(7-62)91-51)34(75)23(95-54)11-87-55-47(40(81)32(73)20(8-63)92-55)99-50-26(58-15(3)67)35(76)30(71)18(6-61)90-50/h13,18-56,61-65,70-85H,6-12H2,1-5H3,(H,57,66)(H,58,67)(H,59,68)(H,60,69)/t13-,18+,19+,20+,21+,22+,23+,24+,25+,26+,27+,28+,29+,30+,31+,32+,33+,34+,35+,36+,37+,38+,39+,40-,41-,42-,43-,44+,45+,46-,47-,48-,49+,50-,51-,52-,53+,54+,55-,56+/m0/s1. The van der Waals surface area contributed by atoms with Crippen molar-refractivity contribution in [3.63, 3.8) is 0 Å². The van der Waals surface area contributed by atoms with Crippen molar-refractivity contribution >= 4 is 23.6 Å². The third-order valence-corrected chi connectivity index (χ3v) is 18.2. The van der Waals surface area contributed by atoms with Crippen LogP contribution in [0.2, 0.25) is 0 Å². The van der Waals surface area contributed by atoms with E-state index >= 15 is 0 Å². The quantitative estimate of drug-likeness (QED) is 0.0404. The number of carbonyl (C=O) groups is 4. The minimum Gasteiger partial charge on any atom is -0.394 e. The van der Waals surface area contributed by atoms with Gasteiger partial charge in [-0.2, -0.15) is 0 Å². The van der Waals surface area contributed by atoms with Gasteiger partial charge in [-0.15, -0.1) is 0 Å². The molecule has 578 valence electrons. The lowest BCUT2D eigenvalue weighted by atomic mass is 9.93. The second kappa shape index (κ2) is 35.7. The zero-order valence-corrected chi connectivity index (χ0v) is 54.2. The first-order chi connectivity index (χ1) is 47.2. The minimum absolute atomic E-state index is 0.809. The highest BCUT2D eigenvalue weighted by Crippen LogP contribution is 2.38. The first kappa shape index (κ1) is 82.1. The maximum absolute atomic E-state index is 13.1. The monoisotopic (exact) mass is 1460 g/mol. The summed E-state index contributed by atoms with van der Waals surface area (Å²) in [6, 6.07) is -7.10. The summed E-state index contributed by atoms with van der Waals surface area (Å²) in [6.45, 7) is -1.92. The van der Waals surface area contributed by atoms with Gasteiger partial charge in [0, 0.05) is 27.7 Å². The van der Waals surface area contributed by atoms with Crippen molar-refractivity contribution in [1.82, 2.24) is 21.3 Å². The van der Waals surface area contributed by atoms with E-state index in [1.54, 1.807) is 0 Å². The average molecular weight is 1460 g/mol. The maximum Gasteiger partial charge on any atom is 0.217 e. The van der Waals surface area contributed by atoms with E-state index in [9.17, 15) is 126 Å². The van der Waals surface area contributed by atoms with Gasteiger partial charge in [0.25, 0.3) is 0 Å². The molecule has 0 saturated carbocycles. The second-order valence-electron chi connectivity index (χ2n) is 25.4. The molecule has 0 bridgehead atoms. The van der Waals surface area contributed by atoms with Gasteiger partial charge in [-0.1, -0.05) is 0 Å². The van der Waals surface area contributed by atoms with Crippen LogP contribution in [0.5, 0.6) is 0 Å². The van der Waals surface area contributed by atoms with Gasteiger partial charge in [0.15, 0.2) is 50.3 Å². The fraction of sp³-hybridized carbons (Fsp3) is 0.929. The molecule has 44 heteroatoms. The summed E-state index contributed by atoms with van der Waals surface area (Å²) in [6.07, 6.45) is -71.6. The van der Waals surface area contributed by atoms with Crippen LogP contribution >= 0.6 is 0 Å². The summed E-state index contributed by atoms with van der Waals surface area (Å²) < 4.78 is 88.8. The Morgan fingerprint density at radius 3 is 1.09 bits per heavy atom. The molecule has 8 aliphatic rings. The molecular formula is C56H94N4O40. The van der Waals surface area contributed by atoms with Crippen molar-refractivity contribution in [2.75, 3.05) is 46.2 Å². The summed E-state index contributed by atoms with van der Waals surface area (Å²) >= 11 is 0. The Bertz CT molecular complexity index is 2620. The van der Waals surface area contributed by atoms with Crippen LogP contribution in [-0.2, 0) is 90.2 Å². The summed E-state index contributed by atoms with van der Waals surface area (Å²) in [5, 5.41) is 242. The van der Waals surface area contributed by atoms with Crippen molar-refractivity contribution in [3.8, 4) is 0 Å². The lowest BCUT2D eigenvalue weighted by Crippen LogP contribution is -2.71. The van der Waals surface area contributed by atoms with Crippen LogP contribution in [0.4, 0.5) is 0 Å². The average Bonchev–Trinajstić information content (AvgIpc) is 0.770. The van der Waals surface area contributed by atoms with Gasteiger partial charge in [-0.3, -0.25) is 19.2 Å². The summed E-state index contributed by atoms with van der Waals surface area (Å²) in [5.74, 6) is -3.42. The van der Waals surface area contributed by atoms with Crippen LogP contribution < -0.4 is 21.3 Å². The number of hydrogen-bond acceptors (Lipinski definition) is 40. The molecule has 44 nitrogen and oxygen atoms in total. The van der Waals surface area contributed by atoms with Crippen LogP contribution in [0.25, 0.3) is 0 Å². The zero-order valence-electron chi connectivity index (χ0n) is 54.2. The van der Waals surface area contributed by atoms with Gasteiger partial charge in [-0.05, 0) is 6.92 Å². The number of amides is 4. The Morgan fingerprint density at radius 1 is 0.280 bits per heavy atom. The van der Waals surface area contributed by atoms with E-state index < -0.39 is 315 Å². The molecule has 8 heterocycles. The Balaban J connectivity index is 1.14. The molecule has 4 amide bonds. The first-order valence-electron chi connectivity index (χ1n) is 32.0. The number of hydrogen-bond donors (Lipinski definition) is 25. The summed E-state index contributed by atoms with van der Waals surface area (Å²) in [5.41, 5.74) is 0. The molecular weight excluding hydrogens is 1370 g/mol.